The van der Waals surface area contributed by atoms with E-state index in [1.165, 1.54) is 18.2 Å². The Kier molecular flexibility index (Phi) is 3.12. The van der Waals surface area contributed by atoms with Crippen LogP contribution in [0.3, 0.4) is 0 Å². The van der Waals surface area contributed by atoms with E-state index in [4.69, 9.17) is 0 Å². The summed E-state index contributed by atoms with van der Waals surface area (Å²) in [6, 6.07) is 6.25. The lowest BCUT2D eigenvalue weighted by atomic mass is 10.3. The molecule has 1 aromatic carbocycles. The molecule has 0 bridgehead atoms. The second-order valence-electron chi connectivity index (χ2n) is 2.31. The number of para-hydroxylation sites is 1. The summed E-state index contributed by atoms with van der Waals surface area (Å²) in [5, 5.41) is 0. The van der Waals surface area contributed by atoms with Gasteiger partial charge >= 0.3 is 6.30 Å². The Bertz CT molecular complexity index is 327. The fourth-order valence-corrected chi connectivity index (χ4v) is 1.34. The van der Waals surface area contributed by atoms with Gasteiger partial charge in [0.15, 0.2) is 0 Å². The van der Waals surface area contributed by atoms with Crippen LogP contribution in [0.5, 0.6) is 0 Å². The molecule has 0 fully saturated rings. The Morgan fingerprint density at radius 3 is 2.07 bits per heavy atom. The lowest BCUT2D eigenvalue weighted by molar-refractivity contribution is -0.115. The molecule has 0 saturated heterocycles. The second-order valence-corrected chi connectivity index (χ2v) is 3.11. The van der Waals surface area contributed by atoms with Gasteiger partial charge in [0.1, 0.15) is 0 Å². The second kappa shape index (κ2) is 3.97. The average molecular weight is 224 g/mol. The zero-order valence-electron chi connectivity index (χ0n) is 6.69. The van der Waals surface area contributed by atoms with Gasteiger partial charge < -0.3 is 4.55 Å². The summed E-state index contributed by atoms with van der Waals surface area (Å²) in [4.78, 5) is 0. The lowest BCUT2D eigenvalue weighted by Gasteiger charge is -2.27. The number of rotatable bonds is 2. The van der Waals surface area contributed by atoms with Crippen molar-refractivity contribution in [3.8, 4) is 0 Å². The van der Waals surface area contributed by atoms with E-state index in [-0.39, 0.29) is 0 Å². The van der Waals surface area contributed by atoms with Gasteiger partial charge in [-0.25, -0.2) is 4.31 Å². The Hall–Kier alpha value is -1.08. The van der Waals surface area contributed by atoms with Crippen LogP contribution in [-0.4, -0.2) is 15.1 Å². The van der Waals surface area contributed by atoms with Crippen molar-refractivity contribution in [3.63, 3.8) is 0 Å². The van der Waals surface area contributed by atoms with Gasteiger partial charge in [-0.05, 0) is 12.1 Å². The third-order valence-electron chi connectivity index (χ3n) is 1.37. The maximum Gasteiger partial charge on any atom is 0.495 e. The molecule has 0 heterocycles. The van der Waals surface area contributed by atoms with Crippen LogP contribution in [0.15, 0.2) is 30.3 Å². The monoisotopic (exact) mass is 224 g/mol. The topological polar surface area (TPSA) is 43.4 Å². The maximum absolute atomic E-state index is 12.2. The van der Waals surface area contributed by atoms with E-state index in [1.807, 2.05) is 0 Å². The summed E-state index contributed by atoms with van der Waals surface area (Å²) in [5.74, 6) is 0. The molecule has 14 heavy (non-hydrogen) atoms. The van der Waals surface area contributed by atoms with E-state index < -0.39 is 27.6 Å². The van der Waals surface area contributed by atoms with Crippen molar-refractivity contribution >= 4 is 17.0 Å². The number of halogens is 3. The minimum atomic E-state index is -4.94. The molecule has 0 N–H and O–H groups in total. The normalized spacial score (nSPS) is 13.7. The predicted octanol–water partition coefficient (Wildman–Crippen LogP) is 1.81. The molecule has 0 aromatic heterocycles. The summed E-state index contributed by atoms with van der Waals surface area (Å²) in [5.41, 5.74) is -0.437. The van der Waals surface area contributed by atoms with Gasteiger partial charge in [-0.1, -0.05) is 18.2 Å². The number of hydrogen-bond acceptors (Lipinski definition) is 2. The molecular weight excluding hydrogens is 219 g/mol. The van der Waals surface area contributed by atoms with Gasteiger partial charge in [-0.3, -0.25) is 4.21 Å². The number of benzene rings is 1. The number of anilines is 1. The molecule has 1 atom stereocenters. The third kappa shape index (κ3) is 2.46. The average Bonchev–Trinajstić information content (AvgIpc) is 2.02. The van der Waals surface area contributed by atoms with E-state index in [1.54, 1.807) is 0 Å². The summed E-state index contributed by atoms with van der Waals surface area (Å²) in [7, 11) is 0. The molecular formula is C7H5F3NO2S-. The first-order chi connectivity index (χ1) is 6.43. The van der Waals surface area contributed by atoms with Crippen molar-refractivity contribution in [2.75, 3.05) is 4.31 Å². The Morgan fingerprint density at radius 2 is 1.71 bits per heavy atom. The first-order valence-corrected chi connectivity index (χ1v) is 4.47. The van der Waals surface area contributed by atoms with Gasteiger partial charge in [0.05, 0.1) is 17.0 Å². The number of hydrogen-bond donors (Lipinski definition) is 0. The molecule has 7 heteroatoms. The highest BCUT2D eigenvalue weighted by Gasteiger charge is 2.38. The summed E-state index contributed by atoms with van der Waals surface area (Å²) >= 11 is -3.37. The van der Waals surface area contributed by atoms with E-state index in [0.717, 1.165) is 12.1 Å². The third-order valence-corrected chi connectivity index (χ3v) is 2.09. The standard InChI is InChI=1S/C7H6F3NO2S/c8-7(9,10)11(14(12)13)6-4-2-1-3-5-6/h1-5H,(H,12,13)/p-1. The molecule has 3 nitrogen and oxygen atoms in total. The van der Waals surface area contributed by atoms with Crippen LogP contribution in [0.2, 0.25) is 0 Å². The molecule has 0 aliphatic rings. The minimum Gasteiger partial charge on any atom is -0.755 e. The predicted molar refractivity (Wildman–Crippen MR) is 43.9 cm³/mol. The summed E-state index contributed by atoms with van der Waals surface area (Å²) < 4.78 is 56.6. The van der Waals surface area contributed by atoms with E-state index >= 15 is 0 Å². The van der Waals surface area contributed by atoms with Crippen molar-refractivity contribution in [1.29, 1.82) is 0 Å². The van der Waals surface area contributed by atoms with Gasteiger partial charge in [0.25, 0.3) is 0 Å². The highest BCUT2D eigenvalue weighted by atomic mass is 32.2. The molecule has 1 rings (SSSR count). The van der Waals surface area contributed by atoms with Crippen LogP contribution in [0.1, 0.15) is 0 Å². The molecule has 0 aliphatic heterocycles. The van der Waals surface area contributed by atoms with Crippen LogP contribution < -0.4 is 4.31 Å². The highest BCUT2D eigenvalue weighted by molar-refractivity contribution is 7.80. The first kappa shape index (κ1) is 11.0. The van der Waals surface area contributed by atoms with Crippen molar-refractivity contribution in [2.45, 2.75) is 6.30 Å². The molecule has 0 amide bonds. The first-order valence-electron chi connectivity index (χ1n) is 3.44. The zero-order chi connectivity index (χ0) is 10.8. The quantitative estimate of drug-likeness (QED) is 0.568. The zero-order valence-corrected chi connectivity index (χ0v) is 7.51. The minimum absolute atomic E-state index is 0.437. The molecule has 0 aliphatic carbocycles. The van der Waals surface area contributed by atoms with Crippen LogP contribution in [0.25, 0.3) is 0 Å². The van der Waals surface area contributed by atoms with Gasteiger partial charge in [-0.15, -0.1) is 13.2 Å². The van der Waals surface area contributed by atoms with E-state index in [0.29, 0.717) is 0 Å². The Labute approximate surface area is 80.6 Å². The van der Waals surface area contributed by atoms with Crippen LogP contribution in [0.4, 0.5) is 18.9 Å². The maximum atomic E-state index is 12.2. The van der Waals surface area contributed by atoms with Crippen molar-refractivity contribution in [1.82, 2.24) is 0 Å². The van der Waals surface area contributed by atoms with Crippen LogP contribution >= 0.6 is 0 Å². The fraction of sp³-hybridized carbons (Fsp3) is 0.143. The molecule has 0 saturated carbocycles. The van der Waals surface area contributed by atoms with Gasteiger partial charge in [0, 0.05) is 0 Å². The van der Waals surface area contributed by atoms with Crippen LogP contribution in [-0.2, 0) is 11.3 Å². The molecule has 1 unspecified atom stereocenters. The Morgan fingerprint density at radius 1 is 1.21 bits per heavy atom. The summed E-state index contributed by atoms with van der Waals surface area (Å²) in [6.45, 7) is 0. The van der Waals surface area contributed by atoms with E-state index in [9.17, 15) is 21.9 Å². The summed E-state index contributed by atoms with van der Waals surface area (Å²) in [6.07, 6.45) is -4.94. The molecule has 0 radical (unpaired) electrons. The number of nitrogens with zero attached hydrogens (tertiary/aromatic N) is 1. The largest absolute Gasteiger partial charge is 0.755 e. The Balaban J connectivity index is 3.08. The smallest absolute Gasteiger partial charge is 0.495 e. The molecule has 0 spiro atoms. The van der Waals surface area contributed by atoms with Crippen molar-refractivity contribution in [3.05, 3.63) is 30.3 Å². The SMILES string of the molecule is O=S([O-])N(c1ccccc1)C(F)(F)F. The highest BCUT2D eigenvalue weighted by Crippen LogP contribution is 2.28. The van der Waals surface area contributed by atoms with Crippen molar-refractivity contribution in [2.24, 2.45) is 0 Å². The number of alkyl halides is 3. The van der Waals surface area contributed by atoms with Gasteiger partial charge in [0.2, 0.25) is 0 Å². The van der Waals surface area contributed by atoms with Gasteiger partial charge in [-0.2, -0.15) is 0 Å². The van der Waals surface area contributed by atoms with Crippen molar-refractivity contribution < 1.29 is 21.9 Å². The lowest BCUT2D eigenvalue weighted by Crippen LogP contribution is -2.39. The fourth-order valence-electron chi connectivity index (χ4n) is 0.880. The molecule has 1 aromatic rings. The van der Waals surface area contributed by atoms with Crippen LogP contribution in [0, 0.1) is 0 Å². The molecule has 78 valence electrons. The van der Waals surface area contributed by atoms with E-state index in [2.05, 4.69) is 0 Å².